The molecule has 1 aliphatic carbocycles. The molecule has 0 saturated carbocycles. The number of aryl methyl sites for hydroxylation is 1. The highest BCUT2D eigenvalue weighted by molar-refractivity contribution is 5.46. The Morgan fingerprint density at radius 2 is 2.14 bits per heavy atom. The number of nitrogens with zero attached hydrogens (tertiary/aromatic N) is 1. The molecule has 4 heteroatoms. The summed E-state index contributed by atoms with van der Waals surface area (Å²) >= 11 is 0. The quantitative estimate of drug-likeness (QED) is 0.917. The smallest absolute Gasteiger partial charge is 0.250 e. The number of ether oxygens (including phenoxy) is 1. The van der Waals surface area contributed by atoms with Crippen molar-refractivity contribution in [2.24, 2.45) is 0 Å². The molecule has 0 spiro atoms. The Hall–Kier alpha value is -2.07. The van der Waals surface area contributed by atoms with Gasteiger partial charge in [0, 0.05) is 25.9 Å². The molecule has 1 aliphatic rings. The fraction of sp³-hybridized carbons (Fsp3) is 0.353. The Kier molecular flexibility index (Phi) is 4.06. The van der Waals surface area contributed by atoms with Crippen molar-refractivity contribution in [3.63, 3.8) is 0 Å². The highest BCUT2D eigenvalue weighted by Crippen LogP contribution is 2.33. The third kappa shape index (κ3) is 3.00. The molecule has 1 heterocycles. The number of nitrogens with one attached hydrogen (secondary N) is 1. The maximum atomic E-state index is 11.8. The van der Waals surface area contributed by atoms with Crippen LogP contribution < -0.4 is 10.9 Å². The largest absolute Gasteiger partial charge is 0.383 e. The lowest BCUT2D eigenvalue weighted by molar-refractivity contribution is 0.186. The van der Waals surface area contributed by atoms with E-state index in [1.54, 1.807) is 17.7 Å². The molecule has 1 unspecified atom stereocenters. The third-order valence-corrected chi connectivity index (χ3v) is 3.99. The number of fused-ring (bicyclic) bond motifs is 1. The first-order valence-corrected chi connectivity index (χ1v) is 7.31. The van der Waals surface area contributed by atoms with E-state index in [2.05, 4.69) is 29.6 Å². The van der Waals surface area contributed by atoms with Gasteiger partial charge in [-0.25, -0.2) is 0 Å². The molecule has 0 saturated heterocycles. The van der Waals surface area contributed by atoms with Crippen LogP contribution in [-0.2, 0) is 17.7 Å². The van der Waals surface area contributed by atoms with Crippen molar-refractivity contribution in [3.05, 3.63) is 64.1 Å². The van der Waals surface area contributed by atoms with Crippen molar-refractivity contribution in [2.75, 3.05) is 19.0 Å². The molecule has 0 bridgehead atoms. The van der Waals surface area contributed by atoms with E-state index in [0.717, 1.165) is 18.5 Å². The summed E-state index contributed by atoms with van der Waals surface area (Å²) in [6.45, 7) is 1.11. The van der Waals surface area contributed by atoms with Gasteiger partial charge < -0.3 is 14.6 Å². The molecule has 0 fully saturated rings. The van der Waals surface area contributed by atoms with Crippen LogP contribution in [0.15, 0.2) is 47.4 Å². The maximum absolute atomic E-state index is 11.8. The van der Waals surface area contributed by atoms with Gasteiger partial charge in [-0.05, 0) is 30.0 Å². The van der Waals surface area contributed by atoms with E-state index >= 15 is 0 Å². The molecule has 0 amide bonds. The monoisotopic (exact) mass is 284 g/mol. The Labute approximate surface area is 124 Å². The molecule has 3 rings (SSSR count). The fourth-order valence-electron chi connectivity index (χ4n) is 2.89. The van der Waals surface area contributed by atoms with Crippen LogP contribution in [0.2, 0.25) is 0 Å². The lowest BCUT2D eigenvalue weighted by Crippen LogP contribution is -2.21. The van der Waals surface area contributed by atoms with Crippen molar-refractivity contribution >= 4 is 5.69 Å². The van der Waals surface area contributed by atoms with Gasteiger partial charge >= 0.3 is 0 Å². The first kappa shape index (κ1) is 13.9. The van der Waals surface area contributed by atoms with Gasteiger partial charge in [0.15, 0.2) is 0 Å². The Morgan fingerprint density at radius 3 is 3.00 bits per heavy atom. The summed E-state index contributed by atoms with van der Waals surface area (Å²) in [5.74, 6) is 0. The lowest BCUT2D eigenvalue weighted by Gasteiger charge is -2.16. The standard InChI is InChI=1S/C17H20N2O2/c1-21-11-10-19-12-14(7-9-17(19)20)18-16-8-6-13-4-2-3-5-15(13)16/h2-5,7,9,12,16,18H,6,8,10-11H2,1H3. The minimum Gasteiger partial charge on any atom is -0.383 e. The average Bonchev–Trinajstić information content (AvgIpc) is 2.91. The van der Waals surface area contributed by atoms with Crippen LogP contribution in [0.25, 0.3) is 0 Å². The summed E-state index contributed by atoms with van der Waals surface area (Å²) in [6.07, 6.45) is 4.08. The normalized spacial score (nSPS) is 16.7. The fourth-order valence-corrected chi connectivity index (χ4v) is 2.89. The van der Waals surface area contributed by atoms with Crippen LogP contribution in [0.5, 0.6) is 0 Å². The highest BCUT2D eigenvalue weighted by Gasteiger charge is 2.21. The summed E-state index contributed by atoms with van der Waals surface area (Å²) in [4.78, 5) is 11.8. The molecule has 4 nitrogen and oxygen atoms in total. The van der Waals surface area contributed by atoms with Gasteiger partial charge in [-0.15, -0.1) is 0 Å². The molecule has 21 heavy (non-hydrogen) atoms. The Morgan fingerprint density at radius 1 is 1.29 bits per heavy atom. The van der Waals surface area contributed by atoms with Crippen molar-refractivity contribution < 1.29 is 4.74 Å². The topological polar surface area (TPSA) is 43.3 Å². The van der Waals surface area contributed by atoms with Gasteiger partial charge in [-0.3, -0.25) is 4.79 Å². The van der Waals surface area contributed by atoms with E-state index in [-0.39, 0.29) is 5.56 Å². The Bertz CT molecular complexity index is 678. The van der Waals surface area contributed by atoms with E-state index in [9.17, 15) is 4.79 Å². The molecule has 1 aromatic carbocycles. The number of hydrogen-bond acceptors (Lipinski definition) is 3. The summed E-state index contributed by atoms with van der Waals surface area (Å²) in [5.41, 5.74) is 3.77. The number of hydrogen-bond donors (Lipinski definition) is 1. The number of anilines is 1. The van der Waals surface area contributed by atoms with Gasteiger partial charge in [-0.2, -0.15) is 0 Å². The average molecular weight is 284 g/mol. The zero-order valence-corrected chi connectivity index (χ0v) is 12.2. The van der Waals surface area contributed by atoms with Crippen LogP contribution in [0.1, 0.15) is 23.6 Å². The number of rotatable bonds is 5. The van der Waals surface area contributed by atoms with E-state index in [1.807, 2.05) is 12.3 Å². The van der Waals surface area contributed by atoms with Crippen molar-refractivity contribution in [1.29, 1.82) is 0 Å². The van der Waals surface area contributed by atoms with Gasteiger partial charge in [0.2, 0.25) is 0 Å². The highest BCUT2D eigenvalue weighted by atomic mass is 16.5. The maximum Gasteiger partial charge on any atom is 0.250 e. The molecular weight excluding hydrogens is 264 g/mol. The Balaban J connectivity index is 1.78. The van der Waals surface area contributed by atoms with Gasteiger partial charge in [0.1, 0.15) is 0 Å². The molecule has 110 valence electrons. The van der Waals surface area contributed by atoms with Crippen LogP contribution in [-0.4, -0.2) is 18.3 Å². The second kappa shape index (κ2) is 6.14. The molecule has 2 aromatic rings. The number of benzene rings is 1. The summed E-state index contributed by atoms with van der Waals surface area (Å²) in [5, 5.41) is 3.54. The minimum absolute atomic E-state index is 0.00409. The molecule has 0 aliphatic heterocycles. The summed E-state index contributed by atoms with van der Waals surface area (Å²) < 4.78 is 6.73. The van der Waals surface area contributed by atoms with Gasteiger partial charge in [-0.1, -0.05) is 24.3 Å². The predicted octanol–water partition coefficient (Wildman–Crippen LogP) is 2.59. The van der Waals surface area contributed by atoms with E-state index < -0.39 is 0 Å². The SMILES string of the molecule is COCCn1cc(NC2CCc3ccccc32)ccc1=O. The van der Waals surface area contributed by atoms with Crippen molar-refractivity contribution in [1.82, 2.24) is 4.57 Å². The second-order valence-electron chi connectivity index (χ2n) is 5.38. The summed E-state index contributed by atoms with van der Waals surface area (Å²) in [7, 11) is 1.64. The molecule has 1 aromatic heterocycles. The minimum atomic E-state index is 0.00409. The zero-order valence-electron chi connectivity index (χ0n) is 12.2. The van der Waals surface area contributed by atoms with Crippen LogP contribution >= 0.6 is 0 Å². The third-order valence-electron chi connectivity index (χ3n) is 3.99. The van der Waals surface area contributed by atoms with Crippen molar-refractivity contribution in [3.8, 4) is 0 Å². The van der Waals surface area contributed by atoms with Gasteiger partial charge in [0.05, 0.1) is 18.3 Å². The first-order valence-electron chi connectivity index (χ1n) is 7.31. The molecule has 0 radical (unpaired) electrons. The van der Waals surface area contributed by atoms with E-state index in [0.29, 0.717) is 19.2 Å². The number of pyridine rings is 1. The van der Waals surface area contributed by atoms with Gasteiger partial charge in [0.25, 0.3) is 5.56 Å². The number of methoxy groups -OCH3 is 1. The predicted molar refractivity (Wildman–Crippen MR) is 83.7 cm³/mol. The zero-order chi connectivity index (χ0) is 14.7. The summed E-state index contributed by atoms with van der Waals surface area (Å²) in [6, 6.07) is 12.3. The molecular formula is C17H20N2O2. The van der Waals surface area contributed by atoms with E-state index in [4.69, 9.17) is 4.74 Å². The molecule has 1 atom stereocenters. The van der Waals surface area contributed by atoms with E-state index in [1.165, 1.54) is 11.1 Å². The number of aromatic nitrogens is 1. The van der Waals surface area contributed by atoms with Crippen molar-refractivity contribution in [2.45, 2.75) is 25.4 Å². The molecule has 1 N–H and O–H groups in total. The first-order chi connectivity index (χ1) is 10.3. The lowest BCUT2D eigenvalue weighted by atomic mass is 10.1. The van der Waals surface area contributed by atoms with Crippen LogP contribution in [0.3, 0.4) is 0 Å². The second-order valence-corrected chi connectivity index (χ2v) is 5.38. The van der Waals surface area contributed by atoms with Crippen LogP contribution in [0, 0.1) is 0 Å². The van der Waals surface area contributed by atoms with Crippen LogP contribution in [0.4, 0.5) is 5.69 Å².